The molecule has 0 fully saturated rings. The van der Waals surface area contributed by atoms with Crippen molar-refractivity contribution in [1.29, 1.82) is 0 Å². The maximum Gasteiger partial charge on any atom is 0.170 e. The number of hydrogen-bond donors (Lipinski definition) is 1. The SMILES string of the molecule is Cc1cnc(C(O)C2=CCCO2)nc1. The molecule has 1 aromatic heterocycles. The Balaban J connectivity index is 2.18. The van der Waals surface area contributed by atoms with E-state index in [1.54, 1.807) is 12.4 Å². The van der Waals surface area contributed by atoms with Crippen molar-refractivity contribution in [2.45, 2.75) is 19.4 Å². The van der Waals surface area contributed by atoms with Crippen LogP contribution in [0.15, 0.2) is 24.2 Å². The van der Waals surface area contributed by atoms with Crippen molar-refractivity contribution < 1.29 is 9.84 Å². The fraction of sp³-hybridized carbons (Fsp3) is 0.400. The average molecular weight is 192 g/mol. The van der Waals surface area contributed by atoms with Crippen LogP contribution in [-0.2, 0) is 4.74 Å². The Morgan fingerprint density at radius 3 is 2.71 bits per heavy atom. The number of aromatic nitrogens is 2. The van der Waals surface area contributed by atoms with Crippen LogP contribution in [0.1, 0.15) is 23.9 Å². The van der Waals surface area contributed by atoms with Crippen molar-refractivity contribution in [2.75, 3.05) is 6.61 Å². The molecular weight excluding hydrogens is 180 g/mol. The van der Waals surface area contributed by atoms with E-state index in [0.717, 1.165) is 12.0 Å². The van der Waals surface area contributed by atoms with Crippen molar-refractivity contribution in [2.24, 2.45) is 0 Å². The third-order valence-corrected chi connectivity index (χ3v) is 2.05. The second-order valence-electron chi connectivity index (χ2n) is 3.26. The van der Waals surface area contributed by atoms with Gasteiger partial charge in [-0.25, -0.2) is 9.97 Å². The summed E-state index contributed by atoms with van der Waals surface area (Å²) < 4.78 is 5.23. The highest BCUT2D eigenvalue weighted by Crippen LogP contribution is 2.23. The van der Waals surface area contributed by atoms with Crippen molar-refractivity contribution in [3.8, 4) is 0 Å². The molecule has 1 N–H and O–H groups in total. The molecule has 74 valence electrons. The first-order valence-electron chi connectivity index (χ1n) is 4.57. The van der Waals surface area contributed by atoms with Gasteiger partial charge in [-0.1, -0.05) is 0 Å². The molecule has 1 aliphatic heterocycles. The van der Waals surface area contributed by atoms with Gasteiger partial charge in [0, 0.05) is 18.8 Å². The third-order valence-electron chi connectivity index (χ3n) is 2.05. The van der Waals surface area contributed by atoms with Crippen molar-refractivity contribution >= 4 is 0 Å². The van der Waals surface area contributed by atoms with Gasteiger partial charge in [0.05, 0.1) is 6.61 Å². The summed E-state index contributed by atoms with van der Waals surface area (Å²) in [6, 6.07) is 0. The standard InChI is InChI=1S/C10H12N2O2/c1-7-5-11-10(12-6-7)9(13)8-3-2-4-14-8/h3,5-6,9,13H,2,4H2,1H3. The summed E-state index contributed by atoms with van der Waals surface area (Å²) in [6.07, 6.45) is 5.26. The lowest BCUT2D eigenvalue weighted by molar-refractivity contribution is 0.113. The molecule has 0 aromatic carbocycles. The summed E-state index contributed by atoms with van der Waals surface area (Å²) in [5, 5.41) is 9.79. The largest absolute Gasteiger partial charge is 0.495 e. The van der Waals surface area contributed by atoms with E-state index in [1.807, 2.05) is 13.0 Å². The topological polar surface area (TPSA) is 55.2 Å². The van der Waals surface area contributed by atoms with Crippen LogP contribution in [0.3, 0.4) is 0 Å². The molecule has 0 saturated heterocycles. The number of nitrogens with zero attached hydrogens (tertiary/aromatic N) is 2. The maximum atomic E-state index is 9.79. The number of rotatable bonds is 2. The van der Waals surface area contributed by atoms with Gasteiger partial charge in [0.1, 0.15) is 5.76 Å². The van der Waals surface area contributed by atoms with Gasteiger partial charge in [0.2, 0.25) is 0 Å². The quantitative estimate of drug-likeness (QED) is 0.763. The monoisotopic (exact) mass is 192 g/mol. The highest BCUT2D eigenvalue weighted by molar-refractivity contribution is 5.13. The summed E-state index contributed by atoms with van der Waals surface area (Å²) >= 11 is 0. The van der Waals surface area contributed by atoms with E-state index < -0.39 is 6.10 Å². The Kier molecular flexibility index (Phi) is 2.45. The van der Waals surface area contributed by atoms with Crippen molar-refractivity contribution in [3.63, 3.8) is 0 Å². The third kappa shape index (κ3) is 1.75. The fourth-order valence-electron chi connectivity index (χ4n) is 1.30. The van der Waals surface area contributed by atoms with Gasteiger partial charge in [-0.2, -0.15) is 0 Å². The highest BCUT2D eigenvalue weighted by Gasteiger charge is 2.19. The molecule has 1 unspecified atom stereocenters. The van der Waals surface area contributed by atoms with E-state index in [1.165, 1.54) is 0 Å². The zero-order chi connectivity index (χ0) is 9.97. The number of aryl methyl sites for hydroxylation is 1. The first-order valence-corrected chi connectivity index (χ1v) is 4.57. The Morgan fingerprint density at radius 1 is 1.43 bits per heavy atom. The van der Waals surface area contributed by atoms with Gasteiger partial charge < -0.3 is 9.84 Å². The van der Waals surface area contributed by atoms with Gasteiger partial charge in [0.25, 0.3) is 0 Å². The van der Waals surface area contributed by atoms with Crippen LogP contribution in [0.25, 0.3) is 0 Å². The van der Waals surface area contributed by atoms with Crippen LogP contribution in [0.5, 0.6) is 0 Å². The summed E-state index contributed by atoms with van der Waals surface area (Å²) in [7, 11) is 0. The van der Waals surface area contributed by atoms with Gasteiger partial charge in [-0.05, 0) is 18.6 Å². The Bertz CT molecular complexity index is 346. The molecule has 0 bridgehead atoms. The second kappa shape index (κ2) is 3.75. The van der Waals surface area contributed by atoms with E-state index in [-0.39, 0.29) is 0 Å². The fourth-order valence-corrected chi connectivity index (χ4v) is 1.30. The molecule has 2 heterocycles. The number of aliphatic hydroxyl groups excluding tert-OH is 1. The lowest BCUT2D eigenvalue weighted by atomic mass is 10.2. The first kappa shape index (κ1) is 9.15. The Morgan fingerprint density at radius 2 is 2.14 bits per heavy atom. The molecule has 2 rings (SSSR count). The molecule has 0 amide bonds. The smallest absolute Gasteiger partial charge is 0.170 e. The molecule has 4 heteroatoms. The van der Waals surface area contributed by atoms with Crippen LogP contribution in [0, 0.1) is 6.92 Å². The molecule has 1 aromatic rings. The molecular formula is C10H12N2O2. The average Bonchev–Trinajstić information content (AvgIpc) is 2.71. The molecule has 1 aliphatic rings. The zero-order valence-corrected chi connectivity index (χ0v) is 7.97. The summed E-state index contributed by atoms with van der Waals surface area (Å²) in [4.78, 5) is 8.08. The van der Waals surface area contributed by atoms with E-state index in [2.05, 4.69) is 9.97 Å². The molecule has 0 saturated carbocycles. The lowest BCUT2D eigenvalue weighted by Crippen LogP contribution is -2.06. The summed E-state index contributed by atoms with van der Waals surface area (Å²) in [6.45, 7) is 2.54. The minimum absolute atomic E-state index is 0.392. The van der Waals surface area contributed by atoms with E-state index in [9.17, 15) is 5.11 Å². The number of aliphatic hydroxyl groups is 1. The highest BCUT2D eigenvalue weighted by atomic mass is 16.5. The van der Waals surface area contributed by atoms with E-state index in [0.29, 0.717) is 18.2 Å². The van der Waals surface area contributed by atoms with E-state index in [4.69, 9.17) is 4.74 Å². The lowest BCUT2D eigenvalue weighted by Gasteiger charge is -2.10. The van der Waals surface area contributed by atoms with Crippen LogP contribution < -0.4 is 0 Å². The Labute approximate surface area is 82.3 Å². The van der Waals surface area contributed by atoms with Crippen LogP contribution in [-0.4, -0.2) is 21.7 Å². The van der Waals surface area contributed by atoms with Gasteiger partial charge in [-0.15, -0.1) is 0 Å². The van der Waals surface area contributed by atoms with Crippen molar-refractivity contribution in [1.82, 2.24) is 9.97 Å². The normalized spacial score (nSPS) is 17.4. The minimum atomic E-state index is -0.821. The second-order valence-corrected chi connectivity index (χ2v) is 3.26. The van der Waals surface area contributed by atoms with Crippen molar-refractivity contribution in [3.05, 3.63) is 35.6 Å². The first-order chi connectivity index (χ1) is 6.77. The molecule has 14 heavy (non-hydrogen) atoms. The van der Waals surface area contributed by atoms with Crippen LogP contribution in [0.2, 0.25) is 0 Å². The summed E-state index contributed by atoms with van der Waals surface area (Å²) in [5.74, 6) is 0.956. The van der Waals surface area contributed by atoms with Gasteiger partial charge in [0.15, 0.2) is 11.9 Å². The van der Waals surface area contributed by atoms with Gasteiger partial charge in [-0.3, -0.25) is 0 Å². The molecule has 1 atom stereocenters. The van der Waals surface area contributed by atoms with E-state index >= 15 is 0 Å². The molecule has 0 aliphatic carbocycles. The van der Waals surface area contributed by atoms with Gasteiger partial charge >= 0.3 is 0 Å². The molecule has 0 radical (unpaired) electrons. The predicted octanol–water partition coefficient (Wildman–Crippen LogP) is 1.12. The molecule has 0 spiro atoms. The summed E-state index contributed by atoms with van der Waals surface area (Å²) in [5.41, 5.74) is 0.974. The minimum Gasteiger partial charge on any atom is -0.495 e. The predicted molar refractivity (Wildman–Crippen MR) is 50.4 cm³/mol. The molecule has 4 nitrogen and oxygen atoms in total. The number of ether oxygens (including phenoxy) is 1. The number of hydrogen-bond acceptors (Lipinski definition) is 4. The van der Waals surface area contributed by atoms with Crippen LogP contribution in [0.4, 0.5) is 0 Å². The van der Waals surface area contributed by atoms with Crippen LogP contribution >= 0.6 is 0 Å². The Hall–Kier alpha value is -1.42. The zero-order valence-electron chi connectivity index (χ0n) is 7.97. The maximum absolute atomic E-state index is 9.79.